The smallest absolute Gasteiger partial charge is 0.240 e. The van der Waals surface area contributed by atoms with Gasteiger partial charge in [0.1, 0.15) is 5.75 Å². The Balaban J connectivity index is 0.00000338. The lowest BCUT2D eigenvalue weighted by Gasteiger charge is -2.13. The number of amides is 1. The number of nitrogens with two attached hydrogens (primary N) is 1. The molecule has 26 heavy (non-hydrogen) atoms. The normalized spacial score (nSPS) is 13.8. The van der Waals surface area contributed by atoms with Gasteiger partial charge >= 0.3 is 0 Å². The molecule has 1 aromatic rings. The van der Waals surface area contributed by atoms with Crippen molar-refractivity contribution in [3.05, 3.63) is 18.2 Å². The zero-order chi connectivity index (χ0) is 18.3. The molecule has 0 unspecified atom stereocenters. The molecule has 0 aliphatic heterocycles. The van der Waals surface area contributed by atoms with Crippen LogP contribution in [-0.2, 0) is 14.8 Å². The molecule has 0 atom stereocenters. The first-order valence-electron chi connectivity index (χ1n) is 8.66. The molecule has 2 rings (SSSR count). The van der Waals surface area contributed by atoms with Crippen LogP contribution in [0.25, 0.3) is 0 Å². The molecule has 1 aliphatic carbocycles. The highest BCUT2D eigenvalue weighted by atomic mass is 35.5. The lowest BCUT2D eigenvalue weighted by molar-refractivity contribution is -0.116. The van der Waals surface area contributed by atoms with Crippen molar-refractivity contribution in [1.29, 1.82) is 0 Å². The fourth-order valence-electron chi connectivity index (χ4n) is 2.44. The van der Waals surface area contributed by atoms with E-state index >= 15 is 0 Å². The first-order chi connectivity index (χ1) is 12.0. The Bertz CT molecular complexity index is 693. The van der Waals surface area contributed by atoms with E-state index in [1.807, 2.05) is 0 Å². The Hall–Kier alpha value is -1.35. The average molecular weight is 406 g/mol. The van der Waals surface area contributed by atoms with E-state index in [9.17, 15) is 13.2 Å². The average Bonchev–Trinajstić information content (AvgIpc) is 3.38. The van der Waals surface area contributed by atoms with Gasteiger partial charge in [0, 0.05) is 12.5 Å². The largest absolute Gasteiger partial charge is 0.495 e. The molecule has 1 aliphatic rings. The Kier molecular flexibility index (Phi) is 9.35. The van der Waals surface area contributed by atoms with E-state index in [0.717, 1.165) is 38.5 Å². The number of ether oxygens (including phenoxy) is 1. The molecule has 9 heteroatoms. The van der Waals surface area contributed by atoms with E-state index in [2.05, 4.69) is 10.0 Å². The lowest BCUT2D eigenvalue weighted by Crippen LogP contribution is -2.25. The fourth-order valence-corrected chi connectivity index (χ4v) is 3.77. The van der Waals surface area contributed by atoms with E-state index in [1.54, 1.807) is 6.07 Å². The molecule has 1 amide bonds. The first-order valence-corrected chi connectivity index (χ1v) is 10.1. The highest BCUT2D eigenvalue weighted by molar-refractivity contribution is 7.89. The van der Waals surface area contributed by atoms with E-state index in [4.69, 9.17) is 10.5 Å². The summed E-state index contributed by atoms with van der Waals surface area (Å²) < 4.78 is 32.5. The standard InChI is InChI=1S/C17H27N3O4S.ClH/c1-24-16-10-9-14(25(22,23)20-13-7-8-13)12-15(16)19-17(21)6-4-2-3-5-11-18;/h9-10,12-13,20H,2-8,11,18H2,1H3,(H,19,21);1H. The number of hydrogen-bond donors (Lipinski definition) is 3. The topological polar surface area (TPSA) is 111 Å². The van der Waals surface area contributed by atoms with Crippen molar-refractivity contribution in [1.82, 2.24) is 4.72 Å². The van der Waals surface area contributed by atoms with Crippen molar-refractivity contribution in [2.45, 2.75) is 55.9 Å². The van der Waals surface area contributed by atoms with Gasteiger partial charge in [0.05, 0.1) is 17.7 Å². The van der Waals surface area contributed by atoms with Crippen LogP contribution in [0, 0.1) is 0 Å². The molecule has 0 aromatic heterocycles. The second-order valence-electron chi connectivity index (χ2n) is 6.26. The molecule has 148 valence electrons. The van der Waals surface area contributed by atoms with Crippen molar-refractivity contribution in [3.8, 4) is 5.75 Å². The van der Waals surface area contributed by atoms with Crippen LogP contribution in [0.1, 0.15) is 44.9 Å². The summed E-state index contributed by atoms with van der Waals surface area (Å²) >= 11 is 0. The maximum Gasteiger partial charge on any atom is 0.240 e. The van der Waals surface area contributed by atoms with Gasteiger partial charge in [-0.1, -0.05) is 12.8 Å². The van der Waals surface area contributed by atoms with Crippen LogP contribution < -0.4 is 20.5 Å². The Labute approximate surface area is 161 Å². The Morgan fingerprint density at radius 2 is 1.92 bits per heavy atom. The van der Waals surface area contributed by atoms with E-state index in [1.165, 1.54) is 19.2 Å². The minimum absolute atomic E-state index is 0. The second kappa shape index (κ2) is 10.7. The summed E-state index contributed by atoms with van der Waals surface area (Å²) in [5.41, 5.74) is 5.81. The zero-order valence-electron chi connectivity index (χ0n) is 15.0. The van der Waals surface area contributed by atoms with Crippen LogP contribution >= 0.6 is 12.4 Å². The quantitative estimate of drug-likeness (QED) is 0.489. The molecule has 0 heterocycles. The predicted octanol–water partition coefficient (Wildman–Crippen LogP) is 2.41. The predicted molar refractivity (Wildman–Crippen MR) is 104 cm³/mol. The van der Waals surface area contributed by atoms with Gasteiger partial charge in [-0.05, 0) is 50.4 Å². The molecule has 7 nitrogen and oxygen atoms in total. The first kappa shape index (κ1) is 22.7. The summed E-state index contributed by atoms with van der Waals surface area (Å²) in [6.45, 7) is 0.666. The number of anilines is 1. The van der Waals surface area contributed by atoms with Crippen LogP contribution in [0.2, 0.25) is 0 Å². The number of sulfonamides is 1. The molecule has 1 saturated carbocycles. The van der Waals surface area contributed by atoms with Crippen molar-refractivity contribution in [2.24, 2.45) is 5.73 Å². The monoisotopic (exact) mass is 405 g/mol. The van der Waals surface area contributed by atoms with Gasteiger partial charge < -0.3 is 15.8 Å². The summed E-state index contributed by atoms with van der Waals surface area (Å²) in [7, 11) is -2.10. The number of hydrogen-bond acceptors (Lipinski definition) is 5. The highest BCUT2D eigenvalue weighted by Gasteiger charge is 2.28. The molecule has 1 fully saturated rings. The Morgan fingerprint density at radius 3 is 2.54 bits per heavy atom. The molecule has 0 spiro atoms. The highest BCUT2D eigenvalue weighted by Crippen LogP contribution is 2.29. The zero-order valence-corrected chi connectivity index (χ0v) is 16.6. The van der Waals surface area contributed by atoms with Crippen LogP contribution in [0.3, 0.4) is 0 Å². The maximum absolute atomic E-state index is 12.3. The summed E-state index contributed by atoms with van der Waals surface area (Å²) in [6.07, 6.45) is 5.80. The Morgan fingerprint density at radius 1 is 1.23 bits per heavy atom. The van der Waals surface area contributed by atoms with Gasteiger partial charge in [-0.25, -0.2) is 13.1 Å². The van der Waals surface area contributed by atoms with Crippen molar-refractivity contribution in [3.63, 3.8) is 0 Å². The summed E-state index contributed by atoms with van der Waals surface area (Å²) in [4.78, 5) is 12.2. The van der Waals surface area contributed by atoms with Gasteiger partial charge in [0.25, 0.3) is 0 Å². The third kappa shape index (κ3) is 7.11. The summed E-state index contributed by atoms with van der Waals surface area (Å²) in [5.74, 6) is 0.276. The van der Waals surface area contributed by atoms with Gasteiger partial charge in [-0.15, -0.1) is 12.4 Å². The van der Waals surface area contributed by atoms with Crippen molar-refractivity contribution >= 4 is 34.0 Å². The van der Waals surface area contributed by atoms with Gasteiger partial charge in [0.15, 0.2) is 0 Å². The molecule has 0 saturated heterocycles. The summed E-state index contributed by atoms with van der Waals surface area (Å²) in [6, 6.07) is 4.50. The fraction of sp³-hybridized carbons (Fsp3) is 0.588. The van der Waals surface area contributed by atoms with Gasteiger partial charge in [-0.3, -0.25) is 4.79 Å². The number of methoxy groups -OCH3 is 1. The van der Waals surface area contributed by atoms with E-state index in [0.29, 0.717) is 24.4 Å². The van der Waals surface area contributed by atoms with E-state index < -0.39 is 10.0 Å². The van der Waals surface area contributed by atoms with E-state index in [-0.39, 0.29) is 29.3 Å². The van der Waals surface area contributed by atoms with Crippen LogP contribution in [-0.4, -0.2) is 34.0 Å². The minimum atomic E-state index is -3.58. The number of unbranched alkanes of at least 4 members (excludes halogenated alkanes) is 3. The molecule has 0 radical (unpaired) electrons. The van der Waals surface area contributed by atoms with Crippen molar-refractivity contribution < 1.29 is 17.9 Å². The number of nitrogens with one attached hydrogen (secondary N) is 2. The number of rotatable bonds is 11. The number of halogens is 1. The van der Waals surface area contributed by atoms with Gasteiger partial charge in [0.2, 0.25) is 15.9 Å². The third-order valence-electron chi connectivity index (χ3n) is 4.01. The number of carbonyl (C=O) groups excluding carboxylic acids is 1. The SMILES string of the molecule is COc1ccc(S(=O)(=O)NC2CC2)cc1NC(=O)CCCCCCN.Cl. The third-order valence-corrected chi connectivity index (χ3v) is 5.53. The van der Waals surface area contributed by atoms with Crippen LogP contribution in [0.4, 0.5) is 5.69 Å². The molecular weight excluding hydrogens is 378 g/mol. The maximum atomic E-state index is 12.3. The van der Waals surface area contributed by atoms with Gasteiger partial charge in [-0.2, -0.15) is 0 Å². The molecule has 4 N–H and O–H groups in total. The van der Waals surface area contributed by atoms with Crippen molar-refractivity contribution in [2.75, 3.05) is 19.0 Å². The minimum Gasteiger partial charge on any atom is -0.495 e. The molecule has 1 aromatic carbocycles. The van der Waals surface area contributed by atoms with Crippen LogP contribution in [0.5, 0.6) is 5.75 Å². The van der Waals surface area contributed by atoms with Crippen LogP contribution in [0.15, 0.2) is 23.1 Å². The number of benzene rings is 1. The second-order valence-corrected chi connectivity index (χ2v) is 7.97. The number of carbonyl (C=O) groups is 1. The molecular formula is C17H28ClN3O4S. The summed E-state index contributed by atoms with van der Waals surface area (Å²) in [5, 5.41) is 2.75. The lowest BCUT2D eigenvalue weighted by atomic mass is 10.1. The molecule has 0 bridgehead atoms.